The molecule has 0 radical (unpaired) electrons. The maximum atomic E-state index is 12.7. The minimum Gasteiger partial charge on any atom is -0.493 e. The largest absolute Gasteiger partial charge is 0.493 e. The molecule has 1 amide bonds. The van der Waals surface area contributed by atoms with Crippen LogP contribution in [0, 0.1) is 0 Å². The summed E-state index contributed by atoms with van der Waals surface area (Å²) in [5.41, 5.74) is 2.60. The van der Waals surface area contributed by atoms with E-state index in [2.05, 4.69) is 5.32 Å². The minimum absolute atomic E-state index is 0.0239. The predicted molar refractivity (Wildman–Crippen MR) is 127 cm³/mol. The van der Waals surface area contributed by atoms with Gasteiger partial charge in [0, 0.05) is 36.4 Å². The molecule has 1 aliphatic heterocycles. The number of carbonyl (C=O) groups excluding carboxylic acids is 1. The lowest BCUT2D eigenvalue weighted by Crippen LogP contribution is -2.30. The average molecular weight is 459 g/mol. The maximum absolute atomic E-state index is 12.7. The second-order valence-corrected chi connectivity index (χ2v) is 10.2. The fourth-order valence-electron chi connectivity index (χ4n) is 4.15. The molecule has 174 valence electrons. The van der Waals surface area contributed by atoms with Gasteiger partial charge in [0.15, 0.2) is 9.84 Å². The number of benzene rings is 2. The van der Waals surface area contributed by atoms with Crippen molar-refractivity contribution in [1.29, 1.82) is 0 Å². The van der Waals surface area contributed by atoms with Crippen LogP contribution in [0.3, 0.4) is 0 Å². The Hall–Kier alpha value is -2.38. The number of carbonyl (C=O) groups is 1. The number of nitrogens with one attached hydrogen (secondary N) is 1. The first-order valence-corrected chi connectivity index (χ1v) is 13.3. The molecule has 0 bridgehead atoms. The molecule has 1 heterocycles. The van der Waals surface area contributed by atoms with Crippen LogP contribution >= 0.6 is 0 Å². The number of nitrogens with zero attached hydrogens (tertiary/aromatic N) is 1. The molecular weight excluding hydrogens is 424 g/mol. The van der Waals surface area contributed by atoms with Crippen molar-refractivity contribution in [2.75, 3.05) is 39.0 Å². The zero-order valence-electron chi connectivity index (χ0n) is 19.3. The van der Waals surface area contributed by atoms with E-state index in [9.17, 15) is 13.2 Å². The van der Waals surface area contributed by atoms with E-state index in [0.29, 0.717) is 30.2 Å². The van der Waals surface area contributed by atoms with E-state index < -0.39 is 9.84 Å². The van der Waals surface area contributed by atoms with Crippen molar-refractivity contribution in [2.45, 2.75) is 43.9 Å². The quantitative estimate of drug-likeness (QED) is 0.736. The molecule has 1 N–H and O–H groups in total. The first kappa shape index (κ1) is 24.3. The van der Waals surface area contributed by atoms with Crippen molar-refractivity contribution >= 4 is 15.7 Å². The fourth-order valence-corrected chi connectivity index (χ4v) is 4.81. The standard InChI is InChI=1S/C25H34N2O4S/c1-4-27(5-2)25(28)20-11-9-19(10-12-20)22-8-6-15-26-16-7-17-31-24-14-13-21(18-23(22)24)32(3,29)30/h9-14,18,22,26H,4-8,15-17H2,1-3H3. The molecule has 1 unspecified atom stereocenters. The second-order valence-electron chi connectivity index (χ2n) is 8.22. The highest BCUT2D eigenvalue weighted by Gasteiger charge is 2.22. The van der Waals surface area contributed by atoms with Crippen molar-refractivity contribution in [3.8, 4) is 5.75 Å². The van der Waals surface area contributed by atoms with E-state index in [1.807, 2.05) is 38.1 Å². The number of rotatable bonds is 5. The number of hydrogen-bond acceptors (Lipinski definition) is 5. The maximum Gasteiger partial charge on any atom is 0.253 e. The molecule has 0 saturated heterocycles. The molecule has 6 nitrogen and oxygen atoms in total. The highest BCUT2D eigenvalue weighted by atomic mass is 32.2. The summed E-state index contributed by atoms with van der Waals surface area (Å²) in [5.74, 6) is 0.730. The van der Waals surface area contributed by atoms with Crippen molar-refractivity contribution in [1.82, 2.24) is 10.2 Å². The van der Waals surface area contributed by atoms with Gasteiger partial charge in [0.2, 0.25) is 0 Å². The van der Waals surface area contributed by atoms with Crippen LogP contribution in [0.1, 0.15) is 60.5 Å². The normalized spacial score (nSPS) is 17.5. The van der Waals surface area contributed by atoms with E-state index in [-0.39, 0.29) is 11.8 Å². The molecular formula is C25H34N2O4S. The van der Waals surface area contributed by atoms with Gasteiger partial charge in [0.05, 0.1) is 11.5 Å². The van der Waals surface area contributed by atoms with Gasteiger partial charge in [-0.15, -0.1) is 0 Å². The zero-order valence-corrected chi connectivity index (χ0v) is 20.1. The minimum atomic E-state index is -3.34. The van der Waals surface area contributed by atoms with Crippen molar-refractivity contribution < 1.29 is 17.9 Å². The number of ether oxygens (including phenoxy) is 1. The number of fused-ring (bicyclic) bond motifs is 1. The highest BCUT2D eigenvalue weighted by molar-refractivity contribution is 7.90. The molecule has 3 rings (SSSR count). The van der Waals surface area contributed by atoms with Gasteiger partial charge >= 0.3 is 0 Å². The van der Waals surface area contributed by atoms with Crippen LogP contribution in [-0.2, 0) is 9.84 Å². The Kier molecular flexibility index (Phi) is 8.32. The van der Waals surface area contributed by atoms with Crippen LogP contribution in [0.5, 0.6) is 5.75 Å². The molecule has 0 aromatic heterocycles. The lowest BCUT2D eigenvalue weighted by molar-refractivity contribution is 0.0773. The summed E-state index contributed by atoms with van der Waals surface area (Å²) in [4.78, 5) is 14.8. The summed E-state index contributed by atoms with van der Waals surface area (Å²) < 4.78 is 30.5. The molecule has 2 aromatic carbocycles. The van der Waals surface area contributed by atoms with Crippen LogP contribution in [0.2, 0.25) is 0 Å². The van der Waals surface area contributed by atoms with Gasteiger partial charge in [0.1, 0.15) is 5.75 Å². The first-order chi connectivity index (χ1) is 15.3. The van der Waals surface area contributed by atoms with Crippen LogP contribution in [0.4, 0.5) is 0 Å². The summed E-state index contributed by atoms with van der Waals surface area (Å²) in [6, 6.07) is 12.9. The van der Waals surface area contributed by atoms with Crippen molar-refractivity contribution in [2.24, 2.45) is 0 Å². The van der Waals surface area contributed by atoms with Gasteiger partial charge in [-0.1, -0.05) is 12.1 Å². The van der Waals surface area contributed by atoms with Crippen molar-refractivity contribution in [3.63, 3.8) is 0 Å². The second kappa shape index (κ2) is 11.0. The monoisotopic (exact) mass is 458 g/mol. The molecule has 1 aliphatic rings. The first-order valence-electron chi connectivity index (χ1n) is 11.4. The van der Waals surface area contributed by atoms with Crippen LogP contribution in [-0.4, -0.2) is 58.3 Å². The van der Waals surface area contributed by atoms with E-state index in [4.69, 9.17) is 4.74 Å². The van der Waals surface area contributed by atoms with E-state index in [1.165, 1.54) is 6.26 Å². The lowest BCUT2D eigenvalue weighted by atomic mass is 9.86. The third-order valence-electron chi connectivity index (χ3n) is 6.00. The summed E-state index contributed by atoms with van der Waals surface area (Å²) in [6.45, 7) is 7.66. The SMILES string of the molecule is CCN(CC)C(=O)c1ccc(C2CCCNCCCOc3ccc(S(C)(=O)=O)cc32)cc1. The van der Waals surface area contributed by atoms with Gasteiger partial charge in [-0.2, -0.15) is 0 Å². The summed E-state index contributed by atoms with van der Waals surface area (Å²) >= 11 is 0. The lowest BCUT2D eigenvalue weighted by Gasteiger charge is -2.23. The zero-order chi connectivity index (χ0) is 23.1. The Morgan fingerprint density at radius 2 is 1.75 bits per heavy atom. The third kappa shape index (κ3) is 5.90. The van der Waals surface area contributed by atoms with E-state index >= 15 is 0 Å². The number of amides is 1. The number of hydrogen-bond donors (Lipinski definition) is 1. The summed E-state index contributed by atoms with van der Waals surface area (Å²) in [5, 5.41) is 3.44. The molecule has 2 aromatic rings. The highest BCUT2D eigenvalue weighted by Crippen LogP contribution is 2.37. The summed E-state index contributed by atoms with van der Waals surface area (Å²) in [6.07, 6.45) is 3.92. The Bertz CT molecular complexity index is 1010. The van der Waals surface area contributed by atoms with Crippen LogP contribution < -0.4 is 10.1 Å². The Labute approximate surface area is 191 Å². The van der Waals surface area contributed by atoms with Crippen LogP contribution in [0.25, 0.3) is 0 Å². The van der Waals surface area contributed by atoms with Crippen molar-refractivity contribution in [3.05, 3.63) is 59.2 Å². The topological polar surface area (TPSA) is 75.7 Å². The molecule has 0 aliphatic carbocycles. The predicted octanol–water partition coefficient (Wildman–Crippen LogP) is 3.86. The molecule has 32 heavy (non-hydrogen) atoms. The molecule has 7 heteroatoms. The number of sulfone groups is 1. The van der Waals surface area contributed by atoms with Gasteiger partial charge in [-0.3, -0.25) is 4.79 Å². The third-order valence-corrected chi connectivity index (χ3v) is 7.11. The van der Waals surface area contributed by atoms with E-state index in [1.54, 1.807) is 23.1 Å². The van der Waals surface area contributed by atoms with E-state index in [0.717, 1.165) is 49.2 Å². The van der Waals surface area contributed by atoms with Gasteiger partial charge in [0.25, 0.3) is 5.91 Å². The van der Waals surface area contributed by atoms with Gasteiger partial charge in [-0.25, -0.2) is 8.42 Å². The molecule has 0 spiro atoms. The van der Waals surface area contributed by atoms with Gasteiger partial charge in [-0.05, 0) is 82.1 Å². The van der Waals surface area contributed by atoms with Gasteiger partial charge < -0.3 is 15.0 Å². The Balaban J connectivity index is 2.02. The fraction of sp³-hybridized carbons (Fsp3) is 0.480. The molecule has 0 fully saturated rings. The smallest absolute Gasteiger partial charge is 0.253 e. The molecule has 0 saturated carbocycles. The average Bonchev–Trinajstić information content (AvgIpc) is 2.83. The Morgan fingerprint density at radius 1 is 1.06 bits per heavy atom. The molecule has 1 atom stereocenters. The summed E-state index contributed by atoms with van der Waals surface area (Å²) in [7, 11) is -3.34. The van der Waals surface area contributed by atoms with Crippen LogP contribution in [0.15, 0.2) is 47.4 Å². The Morgan fingerprint density at radius 3 is 2.41 bits per heavy atom.